The molecule has 152 valence electrons. The predicted octanol–water partition coefficient (Wildman–Crippen LogP) is 2.56. The lowest BCUT2D eigenvalue weighted by atomic mass is 10.0. The topological polar surface area (TPSA) is 82.6 Å². The standard InChI is InChI=1S/C22H26N4O3/c1-14-11-15(2)20(16(3)12-14)24-21(28)19-13-18(5-6-23-19)22(29)26-9-7-25(8-10-26)17(4)27/h5-6,11-13H,7-10H2,1-4H3,(H,24,28). The van der Waals surface area contributed by atoms with E-state index in [1.165, 1.54) is 19.2 Å². The summed E-state index contributed by atoms with van der Waals surface area (Å²) in [4.78, 5) is 44.6. The number of hydrogen-bond acceptors (Lipinski definition) is 4. The summed E-state index contributed by atoms with van der Waals surface area (Å²) >= 11 is 0. The molecule has 1 aliphatic rings. The molecule has 1 aromatic heterocycles. The number of aromatic nitrogens is 1. The zero-order valence-corrected chi connectivity index (χ0v) is 17.3. The van der Waals surface area contributed by atoms with Gasteiger partial charge in [-0.05, 0) is 44.0 Å². The maximum Gasteiger partial charge on any atom is 0.274 e. The van der Waals surface area contributed by atoms with Crippen LogP contribution in [-0.2, 0) is 4.79 Å². The smallest absolute Gasteiger partial charge is 0.274 e. The third-order valence-electron chi connectivity index (χ3n) is 5.17. The van der Waals surface area contributed by atoms with Crippen molar-refractivity contribution in [2.75, 3.05) is 31.5 Å². The number of pyridine rings is 1. The van der Waals surface area contributed by atoms with Gasteiger partial charge in [-0.25, -0.2) is 0 Å². The van der Waals surface area contributed by atoms with Crippen molar-refractivity contribution in [2.24, 2.45) is 0 Å². The molecule has 7 nitrogen and oxygen atoms in total. The molecule has 1 fully saturated rings. The summed E-state index contributed by atoms with van der Waals surface area (Å²) in [6, 6.07) is 7.15. The summed E-state index contributed by atoms with van der Waals surface area (Å²) in [6.07, 6.45) is 1.48. The molecule has 29 heavy (non-hydrogen) atoms. The van der Waals surface area contributed by atoms with Crippen LogP contribution in [0.25, 0.3) is 0 Å². The van der Waals surface area contributed by atoms with E-state index in [-0.39, 0.29) is 23.4 Å². The van der Waals surface area contributed by atoms with E-state index in [1.54, 1.807) is 15.9 Å². The number of nitrogens with zero attached hydrogens (tertiary/aromatic N) is 3. The molecule has 1 saturated heterocycles. The second-order valence-electron chi connectivity index (χ2n) is 7.46. The van der Waals surface area contributed by atoms with Gasteiger partial charge in [-0.15, -0.1) is 0 Å². The van der Waals surface area contributed by atoms with Crippen LogP contribution in [0.5, 0.6) is 0 Å². The van der Waals surface area contributed by atoms with Crippen molar-refractivity contribution >= 4 is 23.4 Å². The molecular formula is C22H26N4O3. The van der Waals surface area contributed by atoms with E-state index in [0.29, 0.717) is 31.7 Å². The Morgan fingerprint density at radius 1 is 0.931 bits per heavy atom. The third-order valence-corrected chi connectivity index (χ3v) is 5.17. The van der Waals surface area contributed by atoms with Crippen molar-refractivity contribution in [3.05, 3.63) is 58.4 Å². The van der Waals surface area contributed by atoms with E-state index in [0.717, 1.165) is 22.4 Å². The van der Waals surface area contributed by atoms with Gasteiger partial charge in [0.15, 0.2) is 0 Å². The van der Waals surface area contributed by atoms with E-state index < -0.39 is 0 Å². The van der Waals surface area contributed by atoms with E-state index in [2.05, 4.69) is 10.3 Å². The molecule has 0 unspecified atom stereocenters. The number of carbonyl (C=O) groups is 3. The lowest BCUT2D eigenvalue weighted by molar-refractivity contribution is -0.130. The molecular weight excluding hydrogens is 368 g/mol. The largest absolute Gasteiger partial charge is 0.339 e. The molecule has 0 bridgehead atoms. The van der Waals surface area contributed by atoms with Crippen LogP contribution >= 0.6 is 0 Å². The number of rotatable bonds is 3. The minimum Gasteiger partial charge on any atom is -0.339 e. The van der Waals surface area contributed by atoms with Gasteiger partial charge in [-0.1, -0.05) is 17.7 Å². The molecule has 1 aromatic carbocycles. The number of nitrogens with one attached hydrogen (secondary N) is 1. The van der Waals surface area contributed by atoms with Gasteiger partial charge in [-0.3, -0.25) is 19.4 Å². The monoisotopic (exact) mass is 394 g/mol. The van der Waals surface area contributed by atoms with Crippen LogP contribution in [0, 0.1) is 20.8 Å². The van der Waals surface area contributed by atoms with Gasteiger partial charge >= 0.3 is 0 Å². The fourth-order valence-corrected chi connectivity index (χ4v) is 3.65. The Morgan fingerprint density at radius 2 is 1.52 bits per heavy atom. The first kappa shape index (κ1) is 20.5. The fraction of sp³-hybridized carbons (Fsp3) is 0.364. The Bertz CT molecular complexity index is 939. The van der Waals surface area contributed by atoms with Crippen LogP contribution in [0.2, 0.25) is 0 Å². The highest BCUT2D eigenvalue weighted by Crippen LogP contribution is 2.22. The zero-order chi connectivity index (χ0) is 21.1. The minimum absolute atomic E-state index is 0.0154. The second-order valence-corrected chi connectivity index (χ2v) is 7.46. The first-order valence-electron chi connectivity index (χ1n) is 9.66. The second kappa shape index (κ2) is 8.43. The Morgan fingerprint density at radius 3 is 2.10 bits per heavy atom. The molecule has 0 spiro atoms. The molecule has 1 N–H and O–H groups in total. The summed E-state index contributed by atoms with van der Waals surface area (Å²) in [5.41, 5.74) is 4.46. The molecule has 7 heteroatoms. The van der Waals surface area contributed by atoms with Gasteiger partial charge in [0.2, 0.25) is 5.91 Å². The summed E-state index contributed by atoms with van der Waals surface area (Å²) in [6.45, 7) is 9.43. The number of anilines is 1. The number of carbonyl (C=O) groups excluding carboxylic acids is 3. The molecule has 0 aliphatic carbocycles. The highest BCUT2D eigenvalue weighted by molar-refractivity contribution is 6.05. The van der Waals surface area contributed by atoms with Crippen LogP contribution in [0.4, 0.5) is 5.69 Å². The van der Waals surface area contributed by atoms with Crippen molar-refractivity contribution in [3.8, 4) is 0 Å². The van der Waals surface area contributed by atoms with Gasteiger partial charge in [0, 0.05) is 50.6 Å². The lowest BCUT2D eigenvalue weighted by Gasteiger charge is -2.34. The van der Waals surface area contributed by atoms with E-state index in [4.69, 9.17) is 0 Å². The number of hydrogen-bond donors (Lipinski definition) is 1. The SMILES string of the molecule is CC(=O)N1CCN(C(=O)c2ccnc(C(=O)Nc3c(C)cc(C)cc3C)c2)CC1. The average molecular weight is 394 g/mol. The molecule has 2 heterocycles. The van der Waals surface area contributed by atoms with Crippen molar-refractivity contribution in [1.29, 1.82) is 0 Å². The van der Waals surface area contributed by atoms with E-state index in [9.17, 15) is 14.4 Å². The average Bonchev–Trinajstić information content (AvgIpc) is 2.70. The predicted molar refractivity (Wildman–Crippen MR) is 111 cm³/mol. The van der Waals surface area contributed by atoms with E-state index >= 15 is 0 Å². The van der Waals surface area contributed by atoms with Crippen LogP contribution in [0.3, 0.4) is 0 Å². The first-order valence-corrected chi connectivity index (χ1v) is 9.66. The van der Waals surface area contributed by atoms with Crippen molar-refractivity contribution < 1.29 is 14.4 Å². The highest BCUT2D eigenvalue weighted by atomic mass is 16.2. The molecule has 3 amide bonds. The molecule has 0 atom stereocenters. The summed E-state index contributed by atoms with van der Waals surface area (Å²) in [7, 11) is 0. The van der Waals surface area contributed by atoms with Crippen molar-refractivity contribution in [3.63, 3.8) is 0 Å². The summed E-state index contributed by atoms with van der Waals surface area (Å²) in [5, 5.41) is 2.92. The normalized spacial score (nSPS) is 13.9. The van der Waals surface area contributed by atoms with Crippen molar-refractivity contribution in [2.45, 2.75) is 27.7 Å². The molecule has 0 radical (unpaired) electrons. The number of piperazine rings is 1. The minimum atomic E-state index is -0.351. The summed E-state index contributed by atoms with van der Waals surface area (Å²) in [5.74, 6) is -0.495. The molecule has 1 aliphatic heterocycles. The molecule has 0 saturated carbocycles. The van der Waals surface area contributed by atoms with Crippen LogP contribution < -0.4 is 5.32 Å². The highest BCUT2D eigenvalue weighted by Gasteiger charge is 2.24. The van der Waals surface area contributed by atoms with Crippen LogP contribution in [0.1, 0.15) is 44.5 Å². The van der Waals surface area contributed by atoms with Gasteiger partial charge < -0.3 is 15.1 Å². The van der Waals surface area contributed by atoms with Gasteiger partial charge in [0.25, 0.3) is 11.8 Å². The van der Waals surface area contributed by atoms with Gasteiger partial charge in [-0.2, -0.15) is 0 Å². The Kier molecular flexibility index (Phi) is 5.96. The van der Waals surface area contributed by atoms with Crippen LogP contribution in [0.15, 0.2) is 30.5 Å². The lowest BCUT2D eigenvalue weighted by Crippen LogP contribution is -2.50. The van der Waals surface area contributed by atoms with E-state index in [1.807, 2.05) is 32.9 Å². The zero-order valence-electron chi connectivity index (χ0n) is 17.3. The van der Waals surface area contributed by atoms with Gasteiger partial charge in [0.05, 0.1) is 0 Å². The fourth-order valence-electron chi connectivity index (χ4n) is 3.65. The maximum absolute atomic E-state index is 12.8. The Labute approximate surface area is 170 Å². The Hall–Kier alpha value is -3.22. The number of benzene rings is 1. The molecule has 3 rings (SSSR count). The quantitative estimate of drug-likeness (QED) is 0.867. The van der Waals surface area contributed by atoms with Gasteiger partial charge in [0.1, 0.15) is 5.69 Å². The van der Waals surface area contributed by atoms with Crippen LogP contribution in [-0.4, -0.2) is 58.7 Å². The van der Waals surface area contributed by atoms with Crippen molar-refractivity contribution in [1.82, 2.24) is 14.8 Å². The summed E-state index contributed by atoms with van der Waals surface area (Å²) < 4.78 is 0. The number of aryl methyl sites for hydroxylation is 3. The first-order chi connectivity index (χ1) is 13.8. The Balaban J connectivity index is 1.73. The molecule has 2 aromatic rings. The maximum atomic E-state index is 12.8. The number of amides is 3. The third kappa shape index (κ3) is 4.62.